The van der Waals surface area contributed by atoms with Crippen molar-refractivity contribution in [1.82, 2.24) is 0 Å². The van der Waals surface area contributed by atoms with Crippen LogP contribution in [0.3, 0.4) is 0 Å². The summed E-state index contributed by atoms with van der Waals surface area (Å²) in [6, 6.07) is 13.6. The monoisotopic (exact) mass is 486 g/mol. The van der Waals surface area contributed by atoms with Crippen molar-refractivity contribution in [3.8, 4) is 11.5 Å². The van der Waals surface area contributed by atoms with Crippen molar-refractivity contribution >= 4 is 37.6 Å². The molecule has 0 aliphatic carbocycles. The zero-order chi connectivity index (χ0) is 18.9. The third kappa shape index (κ3) is 6.39. The lowest BCUT2D eigenvalue weighted by atomic mass is 10.0. The fraction of sp³-hybridized carbons (Fsp3) is 0.316. The molecule has 2 unspecified atom stereocenters. The van der Waals surface area contributed by atoms with Gasteiger partial charge in [0.15, 0.2) is 5.78 Å². The van der Waals surface area contributed by atoms with Crippen molar-refractivity contribution < 1.29 is 24.5 Å². The molecular formula is C19H20Br2O5. The van der Waals surface area contributed by atoms with E-state index >= 15 is 0 Å². The summed E-state index contributed by atoms with van der Waals surface area (Å²) in [4.78, 5) is 12.5. The quantitative estimate of drug-likeness (QED) is 0.397. The third-order valence-electron chi connectivity index (χ3n) is 3.47. The van der Waals surface area contributed by atoms with Crippen molar-refractivity contribution in [3.05, 3.63) is 59.7 Å². The molecule has 0 radical (unpaired) electrons. The minimum Gasteiger partial charge on any atom is -0.491 e. The summed E-state index contributed by atoms with van der Waals surface area (Å²) in [5.74, 6) is 1.08. The number of benzene rings is 2. The molecule has 2 aromatic rings. The SMILES string of the molecule is O=C(c1ccc(OCC(O)CBr)cc1)c1ccc(OCC(O)CBr)cc1. The van der Waals surface area contributed by atoms with Crippen LogP contribution in [0.4, 0.5) is 0 Å². The van der Waals surface area contributed by atoms with Crippen LogP contribution in [-0.2, 0) is 0 Å². The maximum absolute atomic E-state index is 12.5. The van der Waals surface area contributed by atoms with E-state index in [1.54, 1.807) is 48.5 Å². The molecule has 5 nitrogen and oxygen atoms in total. The van der Waals surface area contributed by atoms with Gasteiger partial charge in [0.2, 0.25) is 0 Å². The first-order valence-electron chi connectivity index (χ1n) is 8.02. The number of halogens is 2. The molecule has 0 saturated heterocycles. The molecule has 0 bridgehead atoms. The smallest absolute Gasteiger partial charge is 0.193 e. The number of hydrogen-bond donors (Lipinski definition) is 2. The molecule has 0 fully saturated rings. The molecule has 2 aromatic carbocycles. The molecule has 0 saturated carbocycles. The maximum atomic E-state index is 12.5. The van der Waals surface area contributed by atoms with Gasteiger partial charge in [-0.25, -0.2) is 0 Å². The molecular weight excluding hydrogens is 468 g/mol. The predicted molar refractivity (Wildman–Crippen MR) is 107 cm³/mol. The molecule has 0 aromatic heterocycles. The second kappa shape index (κ2) is 10.7. The van der Waals surface area contributed by atoms with Crippen LogP contribution in [0, 0.1) is 0 Å². The Morgan fingerprint density at radius 2 is 1.12 bits per heavy atom. The van der Waals surface area contributed by atoms with Crippen LogP contribution in [0.25, 0.3) is 0 Å². The van der Waals surface area contributed by atoms with Crippen molar-refractivity contribution in [2.24, 2.45) is 0 Å². The Kier molecular flexibility index (Phi) is 8.58. The van der Waals surface area contributed by atoms with Gasteiger partial charge in [0.25, 0.3) is 0 Å². The van der Waals surface area contributed by atoms with Gasteiger partial charge in [-0.05, 0) is 48.5 Å². The largest absolute Gasteiger partial charge is 0.491 e. The van der Waals surface area contributed by atoms with E-state index in [2.05, 4.69) is 31.9 Å². The Bertz CT molecular complexity index is 629. The van der Waals surface area contributed by atoms with E-state index < -0.39 is 12.2 Å². The van der Waals surface area contributed by atoms with Gasteiger partial charge in [0.1, 0.15) is 24.7 Å². The van der Waals surface area contributed by atoms with Crippen LogP contribution < -0.4 is 9.47 Å². The van der Waals surface area contributed by atoms with Gasteiger partial charge in [-0.15, -0.1) is 0 Å². The van der Waals surface area contributed by atoms with Crippen molar-refractivity contribution in [1.29, 1.82) is 0 Å². The average Bonchev–Trinajstić information content (AvgIpc) is 2.70. The summed E-state index contributed by atoms with van der Waals surface area (Å²) in [7, 11) is 0. The Morgan fingerprint density at radius 3 is 1.42 bits per heavy atom. The molecule has 26 heavy (non-hydrogen) atoms. The lowest BCUT2D eigenvalue weighted by Crippen LogP contribution is -2.18. The number of alkyl halides is 2. The molecule has 2 rings (SSSR count). The summed E-state index contributed by atoms with van der Waals surface area (Å²) in [6.45, 7) is 0.369. The first-order valence-corrected chi connectivity index (χ1v) is 10.3. The van der Waals surface area contributed by atoms with E-state index in [-0.39, 0.29) is 19.0 Å². The normalized spacial score (nSPS) is 13.1. The van der Waals surface area contributed by atoms with Crippen LogP contribution in [-0.4, -0.2) is 52.1 Å². The maximum Gasteiger partial charge on any atom is 0.193 e. The van der Waals surface area contributed by atoms with Crippen LogP contribution in [0.2, 0.25) is 0 Å². The number of rotatable bonds is 10. The molecule has 2 atom stereocenters. The number of carbonyl (C=O) groups excluding carboxylic acids is 1. The number of hydrogen-bond acceptors (Lipinski definition) is 5. The van der Waals surface area contributed by atoms with Crippen LogP contribution in [0.5, 0.6) is 11.5 Å². The Hall–Kier alpha value is -1.41. The summed E-state index contributed by atoms with van der Waals surface area (Å²) >= 11 is 6.34. The van der Waals surface area contributed by atoms with Gasteiger partial charge in [-0.1, -0.05) is 31.9 Å². The number of aliphatic hydroxyl groups is 2. The Balaban J connectivity index is 1.95. The second-order valence-electron chi connectivity index (χ2n) is 5.62. The fourth-order valence-corrected chi connectivity index (χ4v) is 2.42. The highest BCUT2D eigenvalue weighted by Gasteiger charge is 2.10. The topological polar surface area (TPSA) is 76.0 Å². The van der Waals surface area contributed by atoms with E-state index in [1.807, 2.05) is 0 Å². The summed E-state index contributed by atoms with van der Waals surface area (Å²) in [5.41, 5.74) is 1.09. The molecule has 7 heteroatoms. The number of ether oxygens (including phenoxy) is 2. The molecule has 0 aliphatic heterocycles. The van der Waals surface area contributed by atoms with Gasteiger partial charge >= 0.3 is 0 Å². The van der Waals surface area contributed by atoms with Gasteiger partial charge < -0.3 is 19.7 Å². The highest BCUT2D eigenvalue weighted by atomic mass is 79.9. The molecule has 0 amide bonds. The minimum absolute atomic E-state index is 0.107. The van der Waals surface area contributed by atoms with Crippen LogP contribution in [0.15, 0.2) is 48.5 Å². The molecule has 2 N–H and O–H groups in total. The fourth-order valence-electron chi connectivity index (χ4n) is 2.05. The van der Waals surface area contributed by atoms with Crippen molar-refractivity contribution in [3.63, 3.8) is 0 Å². The average molecular weight is 488 g/mol. The first-order chi connectivity index (χ1) is 12.5. The van der Waals surface area contributed by atoms with E-state index in [4.69, 9.17) is 9.47 Å². The highest BCUT2D eigenvalue weighted by molar-refractivity contribution is 9.09. The van der Waals surface area contributed by atoms with Gasteiger partial charge in [-0.2, -0.15) is 0 Å². The molecule has 0 spiro atoms. The highest BCUT2D eigenvalue weighted by Crippen LogP contribution is 2.18. The number of ketones is 1. The first kappa shape index (κ1) is 20.9. The summed E-state index contributed by atoms with van der Waals surface area (Å²) in [6.07, 6.45) is -1.15. The minimum atomic E-state index is -0.576. The zero-order valence-corrected chi connectivity index (χ0v) is 17.1. The van der Waals surface area contributed by atoms with E-state index in [0.29, 0.717) is 33.3 Å². The van der Waals surface area contributed by atoms with E-state index in [1.165, 1.54) is 0 Å². The molecule has 0 heterocycles. The number of carbonyl (C=O) groups is 1. The van der Waals surface area contributed by atoms with Crippen molar-refractivity contribution in [2.75, 3.05) is 23.9 Å². The lowest BCUT2D eigenvalue weighted by Gasteiger charge is -2.11. The standard InChI is InChI=1S/C19H20Br2O5/c20-9-15(22)11-25-17-5-1-13(2-6-17)19(24)14-3-7-18(8-4-14)26-12-16(23)10-21/h1-8,15-16,22-23H,9-12H2. The van der Waals surface area contributed by atoms with E-state index in [9.17, 15) is 15.0 Å². The van der Waals surface area contributed by atoms with Gasteiger partial charge in [-0.3, -0.25) is 4.79 Å². The molecule has 0 aliphatic rings. The Morgan fingerprint density at radius 1 is 0.769 bits per heavy atom. The third-order valence-corrected chi connectivity index (χ3v) is 4.97. The Labute approximate surface area is 169 Å². The lowest BCUT2D eigenvalue weighted by molar-refractivity contribution is 0.103. The zero-order valence-electron chi connectivity index (χ0n) is 14.0. The van der Waals surface area contributed by atoms with E-state index in [0.717, 1.165) is 0 Å². The second-order valence-corrected chi connectivity index (χ2v) is 6.91. The van der Waals surface area contributed by atoms with Crippen LogP contribution >= 0.6 is 31.9 Å². The summed E-state index contributed by atoms with van der Waals surface area (Å²) < 4.78 is 10.9. The predicted octanol–water partition coefficient (Wildman–Crippen LogP) is 3.19. The number of aliphatic hydroxyl groups excluding tert-OH is 2. The van der Waals surface area contributed by atoms with Crippen molar-refractivity contribution in [2.45, 2.75) is 12.2 Å². The summed E-state index contributed by atoms with van der Waals surface area (Å²) in [5, 5.41) is 19.8. The molecule has 140 valence electrons. The van der Waals surface area contributed by atoms with Gasteiger partial charge in [0, 0.05) is 21.8 Å². The van der Waals surface area contributed by atoms with Gasteiger partial charge in [0.05, 0.1) is 12.2 Å². The van der Waals surface area contributed by atoms with Crippen LogP contribution in [0.1, 0.15) is 15.9 Å².